The van der Waals surface area contributed by atoms with Crippen LogP contribution in [0.15, 0.2) is 35.7 Å². The fraction of sp³-hybridized carbons (Fsp3) is 0.143. The fourth-order valence-corrected chi connectivity index (χ4v) is 2.76. The molecule has 1 aliphatic rings. The zero-order valence-corrected chi connectivity index (χ0v) is 10.6. The fourth-order valence-electron chi connectivity index (χ4n) is 2.08. The molecule has 96 valence electrons. The Hall–Kier alpha value is -2.14. The van der Waals surface area contributed by atoms with Crippen LogP contribution in [0, 0.1) is 0 Å². The molecule has 1 aromatic carbocycles. The summed E-state index contributed by atoms with van der Waals surface area (Å²) < 4.78 is 5.29. The van der Waals surface area contributed by atoms with Gasteiger partial charge in [-0.15, -0.1) is 11.3 Å². The molecule has 0 saturated heterocycles. The number of hydrogen-bond donors (Lipinski definition) is 1. The summed E-state index contributed by atoms with van der Waals surface area (Å²) in [7, 11) is 0. The first-order chi connectivity index (χ1) is 9.15. The van der Waals surface area contributed by atoms with Crippen molar-refractivity contribution in [2.75, 3.05) is 0 Å². The Kier molecular flexibility index (Phi) is 2.83. The van der Waals surface area contributed by atoms with Gasteiger partial charge in [0.1, 0.15) is 5.75 Å². The van der Waals surface area contributed by atoms with Crippen molar-refractivity contribution in [2.45, 2.75) is 12.5 Å². The predicted molar refractivity (Wildman–Crippen MR) is 69.9 cm³/mol. The summed E-state index contributed by atoms with van der Waals surface area (Å²) >= 11 is 1.39. The number of ketones is 1. The topological polar surface area (TPSA) is 63.6 Å². The van der Waals surface area contributed by atoms with Crippen LogP contribution in [-0.2, 0) is 11.2 Å². The van der Waals surface area contributed by atoms with Crippen LogP contribution in [0.4, 0.5) is 0 Å². The Morgan fingerprint density at radius 2 is 2.16 bits per heavy atom. The van der Waals surface area contributed by atoms with Crippen molar-refractivity contribution in [3.8, 4) is 5.75 Å². The smallest absolute Gasteiger partial charge is 0.345 e. The molecule has 2 heterocycles. The van der Waals surface area contributed by atoms with E-state index < -0.39 is 12.1 Å². The molecular weight excluding hydrogens is 264 g/mol. The lowest BCUT2D eigenvalue weighted by molar-refractivity contribution is -0.144. The first kappa shape index (κ1) is 11.9. The van der Waals surface area contributed by atoms with Crippen molar-refractivity contribution in [2.24, 2.45) is 0 Å². The van der Waals surface area contributed by atoms with Gasteiger partial charge in [0.2, 0.25) is 5.78 Å². The zero-order valence-electron chi connectivity index (χ0n) is 9.83. The van der Waals surface area contributed by atoms with E-state index in [4.69, 9.17) is 9.84 Å². The van der Waals surface area contributed by atoms with Gasteiger partial charge < -0.3 is 9.84 Å². The Morgan fingerprint density at radius 1 is 1.32 bits per heavy atom. The molecule has 0 spiro atoms. The minimum absolute atomic E-state index is 0.0448. The number of rotatable bonds is 3. The number of aliphatic carboxylic acids is 1. The maximum absolute atomic E-state index is 12.2. The number of carboxylic acid groups (broad SMARTS) is 1. The monoisotopic (exact) mass is 274 g/mol. The van der Waals surface area contributed by atoms with E-state index in [9.17, 15) is 9.59 Å². The average molecular weight is 274 g/mol. The van der Waals surface area contributed by atoms with Gasteiger partial charge in [0.25, 0.3) is 0 Å². The first-order valence-corrected chi connectivity index (χ1v) is 6.64. The summed E-state index contributed by atoms with van der Waals surface area (Å²) in [4.78, 5) is 23.7. The molecule has 0 saturated carbocycles. The lowest BCUT2D eigenvalue weighted by Gasteiger charge is -2.03. The largest absolute Gasteiger partial charge is 0.478 e. The summed E-state index contributed by atoms with van der Waals surface area (Å²) in [5, 5.41) is 10.8. The Labute approximate surface area is 113 Å². The molecule has 1 aromatic heterocycles. The molecule has 3 rings (SSSR count). The van der Waals surface area contributed by atoms with Gasteiger partial charge in [0, 0.05) is 12.0 Å². The van der Waals surface area contributed by atoms with Crippen molar-refractivity contribution < 1.29 is 19.4 Å². The molecule has 0 fully saturated rings. The van der Waals surface area contributed by atoms with Crippen LogP contribution in [0.25, 0.3) is 0 Å². The number of carbonyl (C=O) groups is 2. The van der Waals surface area contributed by atoms with E-state index in [-0.39, 0.29) is 5.78 Å². The van der Waals surface area contributed by atoms with Gasteiger partial charge in [-0.3, -0.25) is 4.79 Å². The summed E-state index contributed by atoms with van der Waals surface area (Å²) in [5.74, 6) is -0.478. The number of fused-ring (bicyclic) bond motifs is 1. The van der Waals surface area contributed by atoms with Crippen LogP contribution in [0.1, 0.15) is 20.8 Å². The van der Waals surface area contributed by atoms with Crippen molar-refractivity contribution in [3.05, 3.63) is 51.7 Å². The number of carboxylic acids is 1. The molecule has 0 bridgehead atoms. The minimum atomic E-state index is -0.984. The number of thiophene rings is 1. The number of carbonyl (C=O) groups excluding carboxylic acids is 1. The Morgan fingerprint density at radius 3 is 2.84 bits per heavy atom. The Bertz CT molecular complexity index is 645. The molecule has 0 aliphatic carbocycles. The van der Waals surface area contributed by atoms with Gasteiger partial charge in [-0.2, -0.15) is 0 Å². The molecule has 1 atom stereocenters. The van der Waals surface area contributed by atoms with E-state index in [0.717, 1.165) is 5.56 Å². The standard InChI is InChI=1S/C14H10O4S/c15-13(12-2-1-5-19-12)8-3-4-10-9(6-8)7-11(18-10)14(16)17/h1-6,11H,7H2,(H,16,17)/t11-/m1/s1. The summed E-state index contributed by atoms with van der Waals surface area (Å²) in [6.45, 7) is 0. The van der Waals surface area contributed by atoms with Crippen LogP contribution in [0.2, 0.25) is 0 Å². The number of ether oxygens (including phenoxy) is 1. The highest BCUT2D eigenvalue weighted by molar-refractivity contribution is 7.12. The van der Waals surface area contributed by atoms with E-state index in [2.05, 4.69) is 0 Å². The highest BCUT2D eigenvalue weighted by Gasteiger charge is 2.29. The SMILES string of the molecule is O=C(c1ccc2c(c1)C[C@H](C(=O)O)O2)c1cccs1. The summed E-state index contributed by atoms with van der Waals surface area (Å²) in [6.07, 6.45) is -0.543. The van der Waals surface area contributed by atoms with Gasteiger partial charge in [-0.1, -0.05) is 6.07 Å². The lowest BCUT2D eigenvalue weighted by Crippen LogP contribution is -2.24. The highest BCUT2D eigenvalue weighted by Crippen LogP contribution is 2.30. The average Bonchev–Trinajstić information content (AvgIpc) is 3.06. The van der Waals surface area contributed by atoms with Crippen LogP contribution in [-0.4, -0.2) is 23.0 Å². The summed E-state index contributed by atoms with van der Waals surface area (Å²) in [5.41, 5.74) is 1.34. The summed E-state index contributed by atoms with van der Waals surface area (Å²) in [6, 6.07) is 8.66. The first-order valence-electron chi connectivity index (χ1n) is 5.76. The van der Waals surface area contributed by atoms with Gasteiger partial charge in [-0.05, 0) is 35.2 Å². The van der Waals surface area contributed by atoms with E-state index in [1.54, 1.807) is 24.3 Å². The van der Waals surface area contributed by atoms with Crippen molar-refractivity contribution >= 4 is 23.1 Å². The molecule has 1 aliphatic heterocycles. The second-order valence-corrected chi connectivity index (χ2v) is 5.23. The third kappa shape index (κ3) is 2.13. The third-order valence-electron chi connectivity index (χ3n) is 3.02. The molecular formula is C14H10O4S. The Balaban J connectivity index is 1.90. The number of benzene rings is 1. The quantitative estimate of drug-likeness (QED) is 0.873. The number of hydrogen-bond acceptors (Lipinski definition) is 4. The van der Waals surface area contributed by atoms with E-state index >= 15 is 0 Å². The van der Waals surface area contributed by atoms with E-state index in [1.165, 1.54) is 11.3 Å². The third-order valence-corrected chi connectivity index (χ3v) is 3.89. The minimum Gasteiger partial charge on any atom is -0.478 e. The van der Waals surface area contributed by atoms with Gasteiger partial charge >= 0.3 is 5.97 Å². The molecule has 19 heavy (non-hydrogen) atoms. The lowest BCUT2D eigenvalue weighted by atomic mass is 10.0. The normalized spacial score (nSPS) is 16.7. The highest BCUT2D eigenvalue weighted by atomic mass is 32.1. The molecule has 1 N–H and O–H groups in total. The molecule has 2 aromatic rings. The van der Waals surface area contributed by atoms with Crippen molar-refractivity contribution in [3.63, 3.8) is 0 Å². The van der Waals surface area contributed by atoms with Gasteiger partial charge in [-0.25, -0.2) is 4.79 Å². The molecule has 5 heteroatoms. The second-order valence-electron chi connectivity index (χ2n) is 4.28. The molecule has 4 nitrogen and oxygen atoms in total. The second kappa shape index (κ2) is 4.51. The predicted octanol–water partition coefficient (Wildman–Crippen LogP) is 2.37. The maximum atomic E-state index is 12.2. The van der Waals surface area contributed by atoms with Crippen molar-refractivity contribution in [1.82, 2.24) is 0 Å². The van der Waals surface area contributed by atoms with Crippen LogP contribution >= 0.6 is 11.3 Å². The van der Waals surface area contributed by atoms with Crippen molar-refractivity contribution in [1.29, 1.82) is 0 Å². The van der Waals surface area contributed by atoms with Gasteiger partial charge in [0.15, 0.2) is 6.10 Å². The van der Waals surface area contributed by atoms with Crippen LogP contribution < -0.4 is 4.74 Å². The molecule has 0 amide bonds. The molecule has 0 radical (unpaired) electrons. The van der Waals surface area contributed by atoms with Crippen LogP contribution in [0.5, 0.6) is 5.75 Å². The van der Waals surface area contributed by atoms with E-state index in [0.29, 0.717) is 22.6 Å². The zero-order chi connectivity index (χ0) is 13.4. The van der Waals surface area contributed by atoms with E-state index in [1.807, 2.05) is 11.4 Å². The van der Waals surface area contributed by atoms with Crippen LogP contribution in [0.3, 0.4) is 0 Å². The molecule has 0 unspecified atom stereocenters. The van der Waals surface area contributed by atoms with Gasteiger partial charge in [0.05, 0.1) is 4.88 Å². The maximum Gasteiger partial charge on any atom is 0.345 e.